The van der Waals surface area contributed by atoms with Crippen LogP contribution < -0.4 is 0 Å². The van der Waals surface area contributed by atoms with Crippen molar-refractivity contribution in [3.63, 3.8) is 0 Å². The average Bonchev–Trinajstić information content (AvgIpc) is 2.97. The smallest absolute Gasteiger partial charge is 0.344 e. The van der Waals surface area contributed by atoms with E-state index in [1.54, 1.807) is 0 Å². The van der Waals surface area contributed by atoms with E-state index >= 15 is 0 Å². The molecule has 7 heteroatoms. The first-order chi connectivity index (χ1) is 10.1. The van der Waals surface area contributed by atoms with E-state index in [2.05, 4.69) is 4.90 Å². The van der Waals surface area contributed by atoms with Gasteiger partial charge in [0.1, 0.15) is 12.2 Å². The van der Waals surface area contributed by atoms with Crippen molar-refractivity contribution < 1.29 is 30.0 Å². The second kappa shape index (κ2) is 5.90. The van der Waals surface area contributed by atoms with Crippen LogP contribution in [0, 0.1) is 0 Å². The topological polar surface area (TPSA) is 110 Å². The van der Waals surface area contributed by atoms with Crippen molar-refractivity contribution >= 4 is 5.97 Å². The van der Waals surface area contributed by atoms with E-state index in [1.165, 1.54) is 20.8 Å². The van der Waals surface area contributed by atoms with Crippen LogP contribution in [-0.4, -0.2) is 80.4 Å². The van der Waals surface area contributed by atoms with Crippen LogP contribution >= 0.6 is 0 Å². The number of carbonyl (C=O) groups excluding carboxylic acids is 1. The zero-order valence-electron chi connectivity index (χ0n) is 13.2. The highest BCUT2D eigenvalue weighted by Crippen LogP contribution is 2.31. The van der Waals surface area contributed by atoms with Gasteiger partial charge < -0.3 is 25.2 Å². The summed E-state index contributed by atoms with van der Waals surface area (Å²) < 4.78 is 5.12. The summed E-state index contributed by atoms with van der Waals surface area (Å²) in [5, 5.41) is 40.0. The molecule has 2 aliphatic rings. The van der Waals surface area contributed by atoms with Gasteiger partial charge in [0.15, 0.2) is 0 Å². The molecule has 0 spiro atoms. The molecule has 2 rings (SSSR count). The Balaban J connectivity index is 2.03. The molecule has 0 aromatic rings. The molecule has 1 fully saturated rings. The minimum absolute atomic E-state index is 0.0812. The van der Waals surface area contributed by atoms with Crippen molar-refractivity contribution in [1.29, 1.82) is 0 Å². The van der Waals surface area contributed by atoms with Crippen LogP contribution in [0.4, 0.5) is 0 Å². The molecule has 0 amide bonds. The maximum Gasteiger partial charge on any atom is 0.344 e. The van der Waals surface area contributed by atoms with Crippen LogP contribution in [0.15, 0.2) is 11.6 Å². The zero-order chi connectivity index (χ0) is 16.7. The highest BCUT2D eigenvalue weighted by atomic mass is 16.6. The Bertz CT molecular complexity index is 469. The number of nitrogens with zero attached hydrogens (tertiary/aromatic N) is 1. The van der Waals surface area contributed by atoms with E-state index in [0.29, 0.717) is 13.0 Å². The third-order valence-electron chi connectivity index (χ3n) is 4.66. The summed E-state index contributed by atoms with van der Waals surface area (Å²) in [4.78, 5) is 14.3. The monoisotopic (exact) mass is 315 g/mol. The summed E-state index contributed by atoms with van der Waals surface area (Å²) in [7, 11) is 0. The van der Waals surface area contributed by atoms with Gasteiger partial charge in [-0.25, -0.2) is 4.79 Å². The number of hydrogen-bond donors (Lipinski definition) is 4. The lowest BCUT2D eigenvalue weighted by Crippen LogP contribution is -2.63. The minimum atomic E-state index is -2.42. The molecule has 126 valence electrons. The number of fused-ring (bicyclic) bond motifs is 1. The SMILES string of the molecule is C[C@@H](O)[C@](O)(C(=O)OCC1=CCN2CC[C@@H](O)[C@@H]12)C(C)(C)O. The second-order valence-corrected chi connectivity index (χ2v) is 6.65. The third kappa shape index (κ3) is 2.79. The second-order valence-electron chi connectivity index (χ2n) is 6.65. The summed E-state index contributed by atoms with van der Waals surface area (Å²) in [6, 6.07) is -0.158. The molecule has 0 aliphatic carbocycles. The van der Waals surface area contributed by atoms with Gasteiger partial charge in [-0.05, 0) is 32.8 Å². The highest BCUT2D eigenvalue weighted by molar-refractivity contribution is 5.82. The lowest BCUT2D eigenvalue weighted by molar-refractivity contribution is -0.213. The number of aliphatic hydroxyl groups is 4. The first kappa shape index (κ1) is 17.4. The summed E-state index contributed by atoms with van der Waals surface area (Å²) >= 11 is 0. The third-order valence-corrected chi connectivity index (χ3v) is 4.66. The molecule has 2 aliphatic heterocycles. The van der Waals surface area contributed by atoms with Crippen LogP contribution in [0.3, 0.4) is 0 Å². The molecule has 0 aromatic carbocycles. The number of aliphatic hydroxyl groups excluding tert-OH is 2. The maximum absolute atomic E-state index is 12.2. The van der Waals surface area contributed by atoms with Gasteiger partial charge in [0.05, 0.1) is 18.2 Å². The van der Waals surface area contributed by atoms with E-state index < -0.39 is 29.4 Å². The summed E-state index contributed by atoms with van der Waals surface area (Å²) in [6.07, 6.45) is 0.590. The fourth-order valence-corrected chi connectivity index (χ4v) is 3.21. The standard InChI is InChI=1S/C15H25NO6/c1-9(17)15(21,14(2,3)20)13(19)22-8-10-4-6-16-7-5-11(18)12(10)16/h4,9,11-12,17-18,20-21H,5-8H2,1-3H3/t9-,11-,12-,15+/m1/s1. The van der Waals surface area contributed by atoms with Gasteiger partial charge in [-0.1, -0.05) is 6.08 Å². The predicted octanol–water partition coefficient (Wildman–Crippen LogP) is -1.21. The van der Waals surface area contributed by atoms with Crippen LogP contribution in [-0.2, 0) is 9.53 Å². The molecular weight excluding hydrogens is 290 g/mol. The van der Waals surface area contributed by atoms with E-state index in [-0.39, 0.29) is 12.6 Å². The minimum Gasteiger partial charge on any atom is -0.459 e. The van der Waals surface area contributed by atoms with Gasteiger partial charge in [-0.3, -0.25) is 4.90 Å². The number of carbonyl (C=O) groups is 1. The average molecular weight is 315 g/mol. The van der Waals surface area contributed by atoms with Crippen LogP contribution in [0.5, 0.6) is 0 Å². The van der Waals surface area contributed by atoms with Gasteiger partial charge in [-0.15, -0.1) is 0 Å². The Labute approximate surface area is 129 Å². The molecule has 0 bridgehead atoms. The van der Waals surface area contributed by atoms with E-state index in [1.807, 2.05) is 6.08 Å². The molecule has 4 N–H and O–H groups in total. The number of hydrogen-bond acceptors (Lipinski definition) is 7. The van der Waals surface area contributed by atoms with Gasteiger partial charge in [-0.2, -0.15) is 0 Å². The predicted molar refractivity (Wildman–Crippen MR) is 78.0 cm³/mol. The summed E-state index contributed by atoms with van der Waals surface area (Å²) in [5.74, 6) is -1.08. The Kier molecular flexibility index (Phi) is 4.66. The molecule has 1 saturated heterocycles. The molecule has 0 radical (unpaired) electrons. The lowest BCUT2D eigenvalue weighted by atomic mass is 9.81. The van der Waals surface area contributed by atoms with Gasteiger partial charge >= 0.3 is 5.97 Å². The van der Waals surface area contributed by atoms with Gasteiger partial charge in [0, 0.05) is 13.1 Å². The Hall–Kier alpha value is -0.990. The van der Waals surface area contributed by atoms with Crippen molar-refractivity contribution in [1.82, 2.24) is 4.90 Å². The molecule has 22 heavy (non-hydrogen) atoms. The largest absolute Gasteiger partial charge is 0.459 e. The molecule has 0 aromatic heterocycles. The fourth-order valence-electron chi connectivity index (χ4n) is 3.21. The van der Waals surface area contributed by atoms with Crippen LogP contribution in [0.1, 0.15) is 27.2 Å². The maximum atomic E-state index is 12.2. The number of rotatable bonds is 5. The first-order valence-electron chi connectivity index (χ1n) is 7.50. The number of ether oxygens (including phenoxy) is 1. The van der Waals surface area contributed by atoms with Crippen molar-refractivity contribution in [3.05, 3.63) is 11.6 Å². The van der Waals surface area contributed by atoms with E-state index in [0.717, 1.165) is 12.1 Å². The normalized spacial score (nSPS) is 29.7. The Morgan fingerprint density at radius 1 is 1.50 bits per heavy atom. The molecule has 7 nitrogen and oxygen atoms in total. The van der Waals surface area contributed by atoms with Crippen LogP contribution in [0.2, 0.25) is 0 Å². The molecule has 4 atom stereocenters. The van der Waals surface area contributed by atoms with E-state index in [9.17, 15) is 25.2 Å². The van der Waals surface area contributed by atoms with Crippen molar-refractivity contribution in [2.24, 2.45) is 0 Å². The quantitative estimate of drug-likeness (QED) is 0.372. The zero-order valence-corrected chi connectivity index (χ0v) is 13.2. The Morgan fingerprint density at radius 3 is 2.68 bits per heavy atom. The summed E-state index contributed by atoms with van der Waals surface area (Å²) in [5.41, 5.74) is -3.50. The first-order valence-corrected chi connectivity index (χ1v) is 7.50. The van der Waals surface area contributed by atoms with Crippen molar-refractivity contribution in [2.45, 2.75) is 56.6 Å². The van der Waals surface area contributed by atoms with Crippen molar-refractivity contribution in [2.75, 3.05) is 19.7 Å². The fraction of sp³-hybridized carbons (Fsp3) is 0.800. The van der Waals surface area contributed by atoms with Gasteiger partial charge in [0.2, 0.25) is 5.60 Å². The molecule has 0 unspecified atom stereocenters. The molecular formula is C15H25NO6. The lowest BCUT2D eigenvalue weighted by Gasteiger charge is -2.38. The van der Waals surface area contributed by atoms with E-state index in [4.69, 9.17) is 4.74 Å². The van der Waals surface area contributed by atoms with Crippen molar-refractivity contribution in [3.8, 4) is 0 Å². The molecule has 2 heterocycles. The highest BCUT2D eigenvalue weighted by Gasteiger charge is 2.54. The number of esters is 1. The van der Waals surface area contributed by atoms with Gasteiger partial charge in [0.25, 0.3) is 0 Å². The summed E-state index contributed by atoms with van der Waals surface area (Å²) in [6.45, 7) is 5.09. The molecule has 0 saturated carbocycles. The van der Waals surface area contributed by atoms with Crippen LogP contribution in [0.25, 0.3) is 0 Å². The Morgan fingerprint density at radius 2 is 2.14 bits per heavy atom.